The maximum Gasteiger partial charge on any atom is 0.242 e. The molecule has 0 radical (unpaired) electrons. The molecular formula is C31H37N5O7. The molecule has 2 aromatic rings. The van der Waals surface area contributed by atoms with Gasteiger partial charge in [-0.15, -0.1) is 0 Å². The van der Waals surface area contributed by atoms with Crippen LogP contribution in [0.5, 0.6) is 28.7 Å². The number of carbonyl (C=O) groups excluding carboxylic acids is 2. The lowest BCUT2D eigenvalue weighted by molar-refractivity contribution is -0.127. The molecule has 5 atom stereocenters. The standard InChI is InChI=1S/C31H37N5O7/c1-13-8-17-9-19-21(11-32)36-20(25(35(19)5)23(17)27(39)29(13)42-6)10-18-24(28(40)30(43-7)14(2)26(18)38)22(36)12-33-31(41)15(3)34-16(4)37/h8,10,15,19,21-22,25,38-40H,9,12H2,1-7H3,(H,33,41)(H,34,37)/t15-,19-,21-,22-,25-/m0/s1. The van der Waals surface area contributed by atoms with Gasteiger partial charge in [0, 0.05) is 47.5 Å². The van der Waals surface area contributed by atoms with E-state index in [2.05, 4.69) is 16.7 Å². The number of likely N-dealkylation sites (N-methyl/N-ethyl adjacent to an activating group) is 1. The molecule has 0 aliphatic carbocycles. The Morgan fingerprint density at radius 2 is 1.77 bits per heavy atom. The summed E-state index contributed by atoms with van der Waals surface area (Å²) in [4.78, 5) is 28.5. The molecule has 5 rings (SSSR count). The number of nitriles is 1. The second-order valence-electron chi connectivity index (χ2n) is 11.4. The highest BCUT2D eigenvalue weighted by molar-refractivity contribution is 5.86. The van der Waals surface area contributed by atoms with E-state index in [0.29, 0.717) is 40.1 Å². The minimum atomic E-state index is -0.830. The van der Waals surface area contributed by atoms with Crippen LogP contribution in [0.3, 0.4) is 0 Å². The number of phenolic OH excluding ortho intramolecular Hbond substituents is 3. The van der Waals surface area contributed by atoms with Crippen LogP contribution in [0.2, 0.25) is 0 Å². The third-order valence-electron chi connectivity index (χ3n) is 8.94. The van der Waals surface area contributed by atoms with Crippen LogP contribution >= 0.6 is 0 Å². The molecule has 228 valence electrons. The van der Waals surface area contributed by atoms with Gasteiger partial charge in [0.05, 0.1) is 32.4 Å². The molecule has 1 saturated heterocycles. The van der Waals surface area contributed by atoms with Gasteiger partial charge in [-0.1, -0.05) is 6.07 Å². The number of amides is 2. The van der Waals surface area contributed by atoms with Crippen molar-refractivity contribution in [1.82, 2.24) is 20.4 Å². The van der Waals surface area contributed by atoms with Gasteiger partial charge in [-0.05, 0) is 51.4 Å². The maximum absolute atomic E-state index is 13.0. The number of aromatic hydroxyl groups is 3. The Bertz CT molecular complexity index is 1600. The number of rotatable bonds is 6. The van der Waals surface area contributed by atoms with Crippen molar-refractivity contribution in [1.29, 1.82) is 5.26 Å². The zero-order chi connectivity index (χ0) is 31.5. The molecule has 0 aromatic heterocycles. The number of benzene rings is 2. The van der Waals surface area contributed by atoms with Crippen LogP contribution in [0, 0.1) is 25.2 Å². The number of hydrogen-bond donors (Lipinski definition) is 5. The topological polar surface area (TPSA) is 168 Å². The molecule has 12 heteroatoms. The fraction of sp³-hybridized carbons (Fsp3) is 0.452. The minimum Gasteiger partial charge on any atom is -0.507 e. The molecular weight excluding hydrogens is 554 g/mol. The Hall–Kier alpha value is -4.63. The van der Waals surface area contributed by atoms with E-state index >= 15 is 0 Å². The average molecular weight is 592 g/mol. The van der Waals surface area contributed by atoms with Crippen molar-refractivity contribution in [3.63, 3.8) is 0 Å². The third-order valence-corrected chi connectivity index (χ3v) is 8.94. The van der Waals surface area contributed by atoms with Crippen LogP contribution in [0.25, 0.3) is 6.08 Å². The van der Waals surface area contributed by atoms with Crippen LogP contribution < -0.4 is 20.1 Å². The van der Waals surface area contributed by atoms with Crippen molar-refractivity contribution in [2.24, 2.45) is 0 Å². The van der Waals surface area contributed by atoms with Gasteiger partial charge >= 0.3 is 0 Å². The molecule has 0 saturated carbocycles. The van der Waals surface area contributed by atoms with Crippen molar-refractivity contribution in [3.8, 4) is 34.8 Å². The maximum atomic E-state index is 13.0. The summed E-state index contributed by atoms with van der Waals surface area (Å²) >= 11 is 0. The average Bonchev–Trinajstić information content (AvgIpc) is 2.95. The molecule has 3 aliphatic rings. The number of carbonyl (C=O) groups is 2. The Morgan fingerprint density at radius 3 is 2.37 bits per heavy atom. The molecule has 2 bridgehead atoms. The minimum absolute atomic E-state index is 0.00169. The summed E-state index contributed by atoms with van der Waals surface area (Å²) in [5, 5.41) is 50.4. The largest absolute Gasteiger partial charge is 0.507 e. The van der Waals surface area contributed by atoms with E-state index in [-0.39, 0.29) is 41.5 Å². The Labute approximate surface area is 250 Å². The lowest BCUT2D eigenvalue weighted by Crippen LogP contribution is -2.62. The van der Waals surface area contributed by atoms with E-state index in [1.807, 2.05) is 29.8 Å². The molecule has 2 amide bonds. The van der Waals surface area contributed by atoms with Gasteiger partial charge in [-0.25, -0.2) is 0 Å². The van der Waals surface area contributed by atoms with Crippen molar-refractivity contribution < 1.29 is 34.4 Å². The summed E-state index contributed by atoms with van der Waals surface area (Å²) in [6.07, 6.45) is 2.19. The molecule has 12 nitrogen and oxygen atoms in total. The molecule has 1 fully saturated rings. The van der Waals surface area contributed by atoms with Crippen LogP contribution in [0.1, 0.15) is 59.3 Å². The highest BCUT2D eigenvalue weighted by Crippen LogP contribution is 2.57. The summed E-state index contributed by atoms with van der Waals surface area (Å²) < 4.78 is 11.0. The first-order valence-corrected chi connectivity index (χ1v) is 14.1. The van der Waals surface area contributed by atoms with Gasteiger partial charge in [-0.2, -0.15) is 5.26 Å². The number of ether oxygens (including phenoxy) is 2. The van der Waals surface area contributed by atoms with Crippen LogP contribution in [0.15, 0.2) is 11.8 Å². The summed E-state index contributed by atoms with van der Waals surface area (Å²) in [6, 6.07) is 1.19. The fourth-order valence-electron chi connectivity index (χ4n) is 7.02. The summed E-state index contributed by atoms with van der Waals surface area (Å²) in [5.74, 6) is -0.698. The second-order valence-corrected chi connectivity index (χ2v) is 11.4. The van der Waals surface area contributed by atoms with Crippen LogP contribution in [-0.2, 0) is 16.0 Å². The fourth-order valence-corrected chi connectivity index (χ4v) is 7.02. The quantitative estimate of drug-likeness (QED) is 0.315. The highest BCUT2D eigenvalue weighted by Gasteiger charge is 2.53. The zero-order valence-electron chi connectivity index (χ0n) is 25.3. The van der Waals surface area contributed by atoms with E-state index in [1.165, 1.54) is 21.1 Å². The number of fused-ring (bicyclic) bond motifs is 7. The number of aryl methyl sites for hydroxylation is 1. The van der Waals surface area contributed by atoms with Gasteiger partial charge in [0.2, 0.25) is 11.8 Å². The van der Waals surface area contributed by atoms with Crippen molar-refractivity contribution in [2.75, 3.05) is 27.8 Å². The molecule has 5 N–H and O–H groups in total. The van der Waals surface area contributed by atoms with E-state index in [1.54, 1.807) is 19.9 Å². The molecule has 3 aliphatic heterocycles. The smallest absolute Gasteiger partial charge is 0.242 e. The van der Waals surface area contributed by atoms with Crippen molar-refractivity contribution in [3.05, 3.63) is 45.1 Å². The van der Waals surface area contributed by atoms with Crippen LogP contribution in [-0.4, -0.2) is 82.9 Å². The molecule has 0 spiro atoms. The molecule has 3 heterocycles. The molecule has 0 unspecified atom stereocenters. The Kier molecular flexibility index (Phi) is 7.56. The van der Waals surface area contributed by atoms with Crippen LogP contribution in [0.4, 0.5) is 0 Å². The van der Waals surface area contributed by atoms with E-state index in [4.69, 9.17) is 9.47 Å². The van der Waals surface area contributed by atoms with Crippen molar-refractivity contribution >= 4 is 17.9 Å². The monoisotopic (exact) mass is 591 g/mol. The van der Waals surface area contributed by atoms with Gasteiger partial charge in [0.1, 0.15) is 17.8 Å². The second kappa shape index (κ2) is 10.9. The summed E-state index contributed by atoms with van der Waals surface area (Å²) in [6.45, 7) is 6.29. The van der Waals surface area contributed by atoms with E-state index in [9.17, 15) is 30.2 Å². The third kappa shape index (κ3) is 4.46. The highest BCUT2D eigenvalue weighted by atomic mass is 16.5. The normalized spacial score (nSPS) is 22.7. The lowest BCUT2D eigenvalue weighted by atomic mass is 9.75. The first-order chi connectivity index (χ1) is 20.4. The first-order valence-electron chi connectivity index (χ1n) is 14.1. The van der Waals surface area contributed by atoms with Crippen molar-refractivity contribution in [2.45, 2.75) is 64.3 Å². The summed E-state index contributed by atoms with van der Waals surface area (Å²) in [5.41, 5.74) is 3.85. The predicted octanol–water partition coefficient (Wildman–Crippen LogP) is 2.28. The SMILES string of the molecule is COc1c(C)cc2c(c1O)[C@@H]1C3=Cc4c(O)c(C)c(OC)c(O)c4[C@H](CNC(=O)[C@H](C)NC(C)=O)N3[C@@H](C#N)[C@H](C2)N1C. The number of nitrogens with zero attached hydrogens (tertiary/aromatic N) is 3. The Balaban J connectivity index is 1.75. The number of methoxy groups -OCH3 is 2. The van der Waals surface area contributed by atoms with Gasteiger partial charge in [0.15, 0.2) is 23.0 Å². The van der Waals surface area contributed by atoms with E-state index < -0.39 is 30.1 Å². The predicted molar refractivity (Wildman–Crippen MR) is 157 cm³/mol. The Morgan fingerprint density at radius 1 is 1.12 bits per heavy atom. The summed E-state index contributed by atoms with van der Waals surface area (Å²) in [7, 11) is 4.78. The zero-order valence-corrected chi connectivity index (χ0v) is 25.3. The number of hydrogen-bond acceptors (Lipinski definition) is 10. The first kappa shape index (κ1) is 29.8. The van der Waals surface area contributed by atoms with Gasteiger partial charge < -0.3 is 40.3 Å². The lowest BCUT2D eigenvalue weighted by Gasteiger charge is -2.57. The molecule has 2 aromatic carbocycles. The number of phenols is 3. The molecule has 43 heavy (non-hydrogen) atoms. The number of piperazine rings is 1. The van der Waals surface area contributed by atoms with Gasteiger partial charge in [0.25, 0.3) is 0 Å². The van der Waals surface area contributed by atoms with E-state index in [0.717, 1.165) is 11.1 Å². The van der Waals surface area contributed by atoms with Gasteiger partial charge in [-0.3, -0.25) is 14.5 Å². The number of nitrogens with one attached hydrogen (secondary N) is 2.